The molecule has 0 fully saturated rings. The highest BCUT2D eigenvalue weighted by atomic mass is 79.9. The largest absolute Gasteiger partial charge is 0.460 e. The van der Waals surface area contributed by atoms with Crippen molar-refractivity contribution < 1.29 is 14.6 Å². The average molecular weight is 300 g/mol. The van der Waals surface area contributed by atoms with Crippen LogP contribution in [-0.4, -0.2) is 24.3 Å². The monoisotopic (exact) mass is 299 g/mol. The first-order valence-electron chi connectivity index (χ1n) is 5.10. The van der Waals surface area contributed by atoms with Crippen LogP contribution in [0.3, 0.4) is 0 Å². The van der Waals surface area contributed by atoms with Gasteiger partial charge in [-0.15, -0.1) is 0 Å². The van der Waals surface area contributed by atoms with Crippen LogP contribution in [-0.2, 0) is 9.53 Å². The van der Waals surface area contributed by atoms with Crippen LogP contribution in [0, 0.1) is 6.92 Å². The Morgan fingerprint density at radius 3 is 3.00 bits per heavy atom. The van der Waals surface area contributed by atoms with Gasteiger partial charge in [-0.1, -0.05) is 15.9 Å². The quantitative estimate of drug-likeness (QED) is 0.646. The maximum absolute atomic E-state index is 11.1. The minimum atomic E-state index is -0.485. The second-order valence-electron chi connectivity index (χ2n) is 3.33. The van der Waals surface area contributed by atoms with Gasteiger partial charge in [-0.25, -0.2) is 4.79 Å². The molecular weight excluding hydrogens is 286 g/mol. The molecule has 0 atom stereocenters. The highest BCUT2D eigenvalue weighted by molar-refractivity contribution is 9.10. The third-order valence-corrected chi connectivity index (χ3v) is 2.48. The second-order valence-corrected chi connectivity index (χ2v) is 4.24. The molecule has 0 bridgehead atoms. The van der Waals surface area contributed by atoms with E-state index in [0.29, 0.717) is 0 Å². The Morgan fingerprint density at radius 1 is 1.59 bits per heavy atom. The molecule has 4 nitrogen and oxygen atoms in total. The number of rotatable bonds is 5. The summed E-state index contributed by atoms with van der Waals surface area (Å²) in [6.07, 6.45) is 2.78. The highest BCUT2D eigenvalue weighted by Crippen LogP contribution is 2.19. The number of aliphatic hydroxyl groups excluding tert-OH is 1. The molecule has 0 heterocycles. The van der Waals surface area contributed by atoms with Gasteiger partial charge in [0.05, 0.1) is 6.61 Å². The van der Waals surface area contributed by atoms with Crippen molar-refractivity contribution in [3.8, 4) is 0 Å². The second kappa shape index (κ2) is 7.09. The number of aliphatic hydroxyl groups is 1. The number of halogens is 1. The van der Waals surface area contributed by atoms with E-state index in [1.54, 1.807) is 0 Å². The molecule has 0 amide bonds. The van der Waals surface area contributed by atoms with Crippen LogP contribution in [0.2, 0.25) is 0 Å². The van der Waals surface area contributed by atoms with E-state index in [1.807, 2.05) is 25.1 Å². The third kappa shape index (κ3) is 5.01. The summed E-state index contributed by atoms with van der Waals surface area (Å²) >= 11 is 3.37. The van der Waals surface area contributed by atoms with E-state index in [-0.39, 0.29) is 13.2 Å². The van der Waals surface area contributed by atoms with Gasteiger partial charge >= 0.3 is 5.97 Å². The van der Waals surface area contributed by atoms with Crippen LogP contribution in [0.1, 0.15) is 5.56 Å². The van der Waals surface area contributed by atoms with E-state index in [9.17, 15) is 4.79 Å². The van der Waals surface area contributed by atoms with E-state index < -0.39 is 5.97 Å². The number of benzene rings is 1. The summed E-state index contributed by atoms with van der Waals surface area (Å²) in [5.74, 6) is -0.485. The van der Waals surface area contributed by atoms with Gasteiger partial charge < -0.3 is 15.2 Å². The molecule has 0 aliphatic carbocycles. The van der Waals surface area contributed by atoms with Crippen LogP contribution in [0.4, 0.5) is 5.69 Å². The summed E-state index contributed by atoms with van der Waals surface area (Å²) in [4.78, 5) is 11.1. The molecule has 2 N–H and O–H groups in total. The highest BCUT2D eigenvalue weighted by Gasteiger charge is 1.97. The fourth-order valence-corrected chi connectivity index (χ4v) is 1.66. The summed E-state index contributed by atoms with van der Waals surface area (Å²) in [5.41, 5.74) is 1.98. The first kappa shape index (κ1) is 13.7. The number of aryl methyl sites for hydroxylation is 1. The molecule has 0 aliphatic heterocycles. The van der Waals surface area contributed by atoms with Crippen molar-refractivity contribution in [2.24, 2.45) is 0 Å². The Bertz CT molecular complexity index is 418. The van der Waals surface area contributed by atoms with Crippen LogP contribution in [0.25, 0.3) is 0 Å². The first-order valence-corrected chi connectivity index (χ1v) is 5.89. The molecule has 1 aromatic carbocycles. The van der Waals surface area contributed by atoms with Crippen molar-refractivity contribution >= 4 is 27.6 Å². The lowest BCUT2D eigenvalue weighted by molar-refractivity contribution is -0.138. The number of hydrogen-bond acceptors (Lipinski definition) is 4. The Balaban J connectivity index is 2.49. The third-order valence-electron chi connectivity index (χ3n) is 1.98. The fraction of sp³-hybridized carbons (Fsp3) is 0.250. The smallest absolute Gasteiger partial charge is 0.332 e. The van der Waals surface area contributed by atoms with Gasteiger partial charge in [0.1, 0.15) is 6.61 Å². The Kier molecular flexibility index (Phi) is 5.72. The van der Waals surface area contributed by atoms with E-state index in [4.69, 9.17) is 5.11 Å². The SMILES string of the molecule is Cc1cc(Br)ccc1N/C=C\C(=O)OCCO. The zero-order valence-corrected chi connectivity index (χ0v) is 11.0. The summed E-state index contributed by atoms with van der Waals surface area (Å²) in [5, 5.41) is 11.4. The number of esters is 1. The molecule has 0 radical (unpaired) electrons. The van der Waals surface area contributed by atoms with Crippen LogP contribution in [0.15, 0.2) is 34.9 Å². The number of ether oxygens (including phenoxy) is 1. The molecule has 0 spiro atoms. The van der Waals surface area contributed by atoms with Crippen LogP contribution < -0.4 is 5.32 Å². The molecule has 0 saturated carbocycles. The fourth-order valence-electron chi connectivity index (χ4n) is 1.18. The van der Waals surface area contributed by atoms with Gasteiger partial charge in [-0.3, -0.25) is 0 Å². The molecule has 17 heavy (non-hydrogen) atoms. The van der Waals surface area contributed by atoms with Gasteiger partial charge in [0.25, 0.3) is 0 Å². The van der Waals surface area contributed by atoms with Crippen molar-refractivity contribution in [2.45, 2.75) is 6.92 Å². The average Bonchev–Trinajstić information content (AvgIpc) is 2.29. The summed E-state index contributed by atoms with van der Waals surface area (Å²) in [6, 6.07) is 5.79. The maximum atomic E-state index is 11.1. The molecule has 5 heteroatoms. The van der Waals surface area contributed by atoms with Crippen LogP contribution >= 0.6 is 15.9 Å². The predicted molar refractivity (Wildman–Crippen MR) is 69.7 cm³/mol. The van der Waals surface area contributed by atoms with E-state index in [2.05, 4.69) is 26.0 Å². The van der Waals surface area contributed by atoms with E-state index >= 15 is 0 Å². The number of anilines is 1. The maximum Gasteiger partial charge on any atom is 0.332 e. The van der Waals surface area contributed by atoms with Gasteiger partial charge in [0.2, 0.25) is 0 Å². The lowest BCUT2D eigenvalue weighted by Crippen LogP contribution is -2.05. The molecule has 0 saturated heterocycles. The summed E-state index contributed by atoms with van der Waals surface area (Å²) in [6.45, 7) is 1.81. The van der Waals surface area contributed by atoms with Crippen molar-refractivity contribution in [1.82, 2.24) is 0 Å². The predicted octanol–water partition coefficient (Wildman–Crippen LogP) is 2.22. The van der Waals surface area contributed by atoms with Gasteiger partial charge in [-0.05, 0) is 30.7 Å². The summed E-state index contributed by atoms with van der Waals surface area (Å²) in [7, 11) is 0. The Hall–Kier alpha value is -1.33. The lowest BCUT2D eigenvalue weighted by atomic mass is 10.2. The minimum absolute atomic E-state index is 0.0144. The van der Waals surface area contributed by atoms with E-state index in [1.165, 1.54) is 12.3 Å². The lowest BCUT2D eigenvalue weighted by Gasteiger charge is -2.05. The zero-order chi connectivity index (χ0) is 12.7. The molecule has 0 aromatic heterocycles. The molecular formula is C12H14BrNO3. The molecule has 0 unspecified atom stereocenters. The van der Waals surface area contributed by atoms with Crippen molar-refractivity contribution in [1.29, 1.82) is 0 Å². The van der Waals surface area contributed by atoms with E-state index in [0.717, 1.165) is 15.7 Å². The van der Waals surface area contributed by atoms with Crippen LogP contribution in [0.5, 0.6) is 0 Å². The van der Waals surface area contributed by atoms with Gasteiger partial charge in [0, 0.05) is 22.4 Å². The van der Waals surface area contributed by atoms with Gasteiger partial charge in [-0.2, -0.15) is 0 Å². The molecule has 1 rings (SSSR count). The van der Waals surface area contributed by atoms with Crippen molar-refractivity contribution in [3.05, 3.63) is 40.5 Å². The normalized spacial score (nSPS) is 10.5. The zero-order valence-electron chi connectivity index (χ0n) is 9.44. The topological polar surface area (TPSA) is 58.6 Å². The molecule has 92 valence electrons. The first-order chi connectivity index (χ1) is 8.13. The van der Waals surface area contributed by atoms with Gasteiger partial charge in [0.15, 0.2) is 0 Å². The number of nitrogens with one attached hydrogen (secondary N) is 1. The molecule has 0 aliphatic rings. The summed E-state index contributed by atoms with van der Waals surface area (Å²) < 4.78 is 5.66. The number of carbonyl (C=O) groups is 1. The van der Waals surface area contributed by atoms with Crippen molar-refractivity contribution in [2.75, 3.05) is 18.5 Å². The Morgan fingerprint density at radius 2 is 2.35 bits per heavy atom. The molecule has 1 aromatic rings. The Labute approximate surface area is 108 Å². The van der Waals surface area contributed by atoms with Crippen molar-refractivity contribution in [3.63, 3.8) is 0 Å². The number of hydrogen-bond donors (Lipinski definition) is 2. The minimum Gasteiger partial charge on any atom is -0.460 e. The number of carbonyl (C=O) groups excluding carboxylic acids is 1. The standard InChI is InChI=1S/C12H14BrNO3/c1-9-8-10(13)2-3-11(9)14-5-4-12(16)17-7-6-15/h2-5,8,14-15H,6-7H2,1H3/b5-4-.